The van der Waals surface area contributed by atoms with E-state index in [0.717, 1.165) is 40.9 Å². The Morgan fingerprint density at radius 3 is 2.56 bits per heavy atom. The third-order valence-electron chi connectivity index (χ3n) is 7.74. The van der Waals surface area contributed by atoms with Crippen LogP contribution in [0.2, 0.25) is 0 Å². The first kappa shape index (κ1) is 27.4. The number of anilines is 1. The van der Waals surface area contributed by atoms with Gasteiger partial charge in [-0.2, -0.15) is 13.2 Å². The molecule has 2 N–H and O–H groups in total. The minimum Gasteiger partial charge on any atom is -0.381 e. The summed E-state index contributed by atoms with van der Waals surface area (Å²) in [6.07, 6.45) is 2.38. The van der Waals surface area contributed by atoms with Crippen molar-refractivity contribution < 1.29 is 26.3 Å². The van der Waals surface area contributed by atoms with Gasteiger partial charge in [-0.3, -0.25) is 9.29 Å². The van der Waals surface area contributed by atoms with E-state index >= 15 is 8.78 Å². The van der Waals surface area contributed by atoms with Gasteiger partial charge in [0.25, 0.3) is 0 Å². The number of fused-ring (bicyclic) bond motifs is 3. The predicted molar refractivity (Wildman–Crippen MR) is 139 cm³/mol. The number of H-pyrrole nitrogens is 1. The van der Waals surface area contributed by atoms with Crippen LogP contribution in [-0.4, -0.2) is 65.9 Å². The lowest BCUT2D eigenvalue weighted by atomic mass is 9.88. The molecule has 0 bridgehead atoms. The third kappa shape index (κ3) is 5.61. The molecule has 208 valence electrons. The number of aromatic nitrogens is 1. The molecule has 3 atom stereocenters. The molecule has 4 nitrogen and oxygen atoms in total. The average Bonchev–Trinajstić information content (AvgIpc) is 3.46. The zero-order chi connectivity index (χ0) is 27.9. The summed E-state index contributed by atoms with van der Waals surface area (Å²) in [6.45, 7) is 1.89. The van der Waals surface area contributed by atoms with E-state index in [9.17, 15) is 17.6 Å². The Morgan fingerprint density at radius 2 is 1.90 bits per heavy atom. The monoisotopic (exact) mass is 548 g/mol. The Kier molecular flexibility index (Phi) is 7.57. The van der Waals surface area contributed by atoms with Gasteiger partial charge in [0.15, 0.2) is 0 Å². The number of nitrogens with one attached hydrogen (secondary N) is 2. The van der Waals surface area contributed by atoms with Crippen molar-refractivity contribution in [3.63, 3.8) is 0 Å². The second-order valence-corrected chi connectivity index (χ2v) is 10.5. The van der Waals surface area contributed by atoms with Crippen LogP contribution in [0.25, 0.3) is 10.9 Å². The fourth-order valence-electron chi connectivity index (χ4n) is 6.02. The molecule has 0 aliphatic carbocycles. The summed E-state index contributed by atoms with van der Waals surface area (Å²) in [4.78, 5) is 6.33. The molecule has 2 aromatic carbocycles. The molecular formula is C29H30F6N4. The number of terminal acetylenes is 1. The molecule has 3 heterocycles. The van der Waals surface area contributed by atoms with Crippen LogP contribution in [0, 0.1) is 24.0 Å². The second-order valence-electron chi connectivity index (χ2n) is 10.5. The van der Waals surface area contributed by atoms with Crippen molar-refractivity contribution in [2.45, 2.75) is 50.5 Å². The van der Waals surface area contributed by atoms with Crippen LogP contribution in [0.15, 0.2) is 30.3 Å². The number of rotatable bonds is 7. The van der Waals surface area contributed by atoms with Crippen molar-refractivity contribution in [2.24, 2.45) is 0 Å². The van der Waals surface area contributed by atoms with Crippen LogP contribution in [0.4, 0.5) is 32.0 Å². The van der Waals surface area contributed by atoms with Gasteiger partial charge in [-0.25, -0.2) is 8.78 Å². The number of benzene rings is 2. The van der Waals surface area contributed by atoms with E-state index in [4.69, 9.17) is 6.42 Å². The summed E-state index contributed by atoms with van der Waals surface area (Å²) < 4.78 is 85.0. The number of halogens is 6. The molecule has 3 unspecified atom stereocenters. The van der Waals surface area contributed by atoms with Crippen molar-refractivity contribution in [1.29, 1.82) is 0 Å². The van der Waals surface area contributed by atoms with Gasteiger partial charge in [-0.05, 0) is 56.0 Å². The minimum absolute atomic E-state index is 0.0728. The summed E-state index contributed by atoms with van der Waals surface area (Å²) in [5, 5.41) is 3.90. The Labute approximate surface area is 223 Å². The normalized spacial score (nSPS) is 22.3. The van der Waals surface area contributed by atoms with Gasteiger partial charge in [-0.1, -0.05) is 12.0 Å². The molecule has 0 saturated carbocycles. The summed E-state index contributed by atoms with van der Waals surface area (Å²) >= 11 is 0. The van der Waals surface area contributed by atoms with E-state index in [1.807, 2.05) is 0 Å². The summed E-state index contributed by atoms with van der Waals surface area (Å²) in [5.41, 5.74) is 2.04. The van der Waals surface area contributed by atoms with Crippen molar-refractivity contribution in [3.05, 3.63) is 64.4 Å². The largest absolute Gasteiger partial charge is 0.401 e. The van der Waals surface area contributed by atoms with E-state index in [2.05, 4.69) is 21.1 Å². The number of likely N-dealkylation sites (tertiary alicyclic amines) is 1. The Morgan fingerprint density at radius 1 is 1.15 bits per heavy atom. The molecule has 5 rings (SSSR count). The molecule has 2 aliphatic rings. The Hall–Kier alpha value is -3.16. The molecule has 1 fully saturated rings. The van der Waals surface area contributed by atoms with Crippen LogP contribution >= 0.6 is 0 Å². The van der Waals surface area contributed by atoms with E-state index in [-0.39, 0.29) is 18.2 Å². The van der Waals surface area contributed by atoms with Crippen LogP contribution in [0.5, 0.6) is 0 Å². The first-order valence-electron chi connectivity index (χ1n) is 13.1. The van der Waals surface area contributed by atoms with Gasteiger partial charge >= 0.3 is 6.18 Å². The number of hydrogen-bond acceptors (Lipinski definition) is 3. The lowest BCUT2D eigenvalue weighted by molar-refractivity contribution is -0.155. The van der Waals surface area contributed by atoms with Crippen molar-refractivity contribution >= 4 is 16.6 Å². The highest BCUT2D eigenvalue weighted by Crippen LogP contribution is 2.44. The molecule has 1 saturated heterocycles. The second kappa shape index (κ2) is 10.8. The molecule has 0 radical (unpaired) electrons. The highest BCUT2D eigenvalue weighted by Gasteiger charge is 2.43. The highest BCUT2D eigenvalue weighted by atomic mass is 19.4. The Balaban J connectivity index is 1.53. The van der Waals surface area contributed by atoms with Gasteiger partial charge in [-0.15, -0.1) is 6.42 Å². The topological polar surface area (TPSA) is 34.3 Å². The lowest BCUT2D eigenvalue weighted by Crippen LogP contribution is -2.47. The standard InChI is InChI=1S/C29H30F6N4/c1-3-18-5-6-21-22-11-17(2)39(16-29(33,34)35)28(27(22)37-25(21)12-18)26-23(31)13-20(14-24(26)32)36-19-7-10-38(15-19)9-4-8-30/h1,5-6,12-14,17,19,28,36-37H,4,7-11,15-16H2,2H3. The molecule has 10 heteroatoms. The fraction of sp³-hybridized carbons (Fsp3) is 0.448. The first-order chi connectivity index (χ1) is 18.6. The van der Waals surface area contributed by atoms with Gasteiger partial charge in [0.2, 0.25) is 0 Å². The number of alkyl halides is 4. The van der Waals surface area contributed by atoms with E-state index in [1.165, 1.54) is 0 Å². The third-order valence-corrected chi connectivity index (χ3v) is 7.74. The first-order valence-corrected chi connectivity index (χ1v) is 13.1. The predicted octanol–water partition coefficient (Wildman–Crippen LogP) is 6.17. The molecule has 0 amide bonds. The van der Waals surface area contributed by atoms with E-state index in [0.29, 0.717) is 36.3 Å². The molecule has 1 aromatic heterocycles. The van der Waals surface area contributed by atoms with Crippen molar-refractivity contribution in [3.8, 4) is 12.3 Å². The molecule has 39 heavy (non-hydrogen) atoms. The van der Waals surface area contributed by atoms with Gasteiger partial charge in [0.1, 0.15) is 11.6 Å². The molecule has 3 aromatic rings. The maximum atomic E-state index is 15.7. The minimum atomic E-state index is -4.57. The average molecular weight is 549 g/mol. The van der Waals surface area contributed by atoms with Crippen LogP contribution < -0.4 is 5.32 Å². The van der Waals surface area contributed by atoms with Crippen molar-refractivity contribution in [2.75, 3.05) is 38.2 Å². The zero-order valence-electron chi connectivity index (χ0n) is 21.5. The van der Waals surface area contributed by atoms with Gasteiger partial charge in [0.05, 0.1) is 19.3 Å². The SMILES string of the molecule is C#Cc1ccc2c3c([nH]c2c1)C(c1c(F)cc(NC2CCN(CCCF)C2)cc1F)N(CC(F)(F)F)C(C)C3. The fourth-order valence-corrected chi connectivity index (χ4v) is 6.02. The van der Waals surface area contributed by atoms with Crippen molar-refractivity contribution in [1.82, 2.24) is 14.8 Å². The number of hydrogen-bond donors (Lipinski definition) is 2. The number of nitrogens with zero attached hydrogens (tertiary/aromatic N) is 2. The van der Waals surface area contributed by atoms with Crippen LogP contribution in [-0.2, 0) is 6.42 Å². The summed E-state index contributed by atoms with van der Waals surface area (Å²) in [7, 11) is 0. The maximum Gasteiger partial charge on any atom is 0.401 e. The van der Waals surface area contributed by atoms with Crippen LogP contribution in [0.1, 0.15) is 48.2 Å². The zero-order valence-corrected chi connectivity index (χ0v) is 21.5. The van der Waals surface area contributed by atoms with Gasteiger partial charge < -0.3 is 15.2 Å². The van der Waals surface area contributed by atoms with Crippen LogP contribution in [0.3, 0.4) is 0 Å². The number of aromatic amines is 1. The summed E-state index contributed by atoms with van der Waals surface area (Å²) in [6, 6.07) is 5.50. The lowest BCUT2D eigenvalue weighted by Gasteiger charge is -2.41. The quantitative estimate of drug-likeness (QED) is 0.274. The maximum absolute atomic E-state index is 15.7. The van der Waals surface area contributed by atoms with Gasteiger partial charge in [0, 0.05) is 65.1 Å². The summed E-state index contributed by atoms with van der Waals surface area (Å²) in [5.74, 6) is 0.680. The Bertz CT molecular complexity index is 1370. The van der Waals surface area contributed by atoms with E-state index in [1.54, 1.807) is 25.1 Å². The smallest absolute Gasteiger partial charge is 0.381 e. The molecule has 0 spiro atoms. The highest BCUT2D eigenvalue weighted by molar-refractivity contribution is 5.86. The van der Waals surface area contributed by atoms with E-state index < -0.39 is 48.7 Å². The molecule has 2 aliphatic heterocycles. The molecular weight excluding hydrogens is 518 g/mol.